The number of rotatable bonds is 6. The summed E-state index contributed by atoms with van der Waals surface area (Å²) in [6.45, 7) is 1.71. The van der Waals surface area contributed by atoms with Crippen molar-refractivity contribution < 1.29 is 28.5 Å². The van der Waals surface area contributed by atoms with Gasteiger partial charge in [-0.15, -0.1) is 0 Å². The molecule has 0 saturated carbocycles. The van der Waals surface area contributed by atoms with Crippen LogP contribution in [0.2, 0.25) is 0 Å². The van der Waals surface area contributed by atoms with Gasteiger partial charge in [-0.1, -0.05) is 22.0 Å². The third kappa shape index (κ3) is 4.16. The van der Waals surface area contributed by atoms with E-state index in [1.807, 2.05) is 12.1 Å². The van der Waals surface area contributed by atoms with E-state index < -0.39 is 5.97 Å². The second kappa shape index (κ2) is 9.26. The Kier molecular flexibility index (Phi) is 6.70. The van der Waals surface area contributed by atoms with Crippen molar-refractivity contribution in [1.29, 1.82) is 0 Å². The van der Waals surface area contributed by atoms with Crippen LogP contribution in [0.1, 0.15) is 12.5 Å². The number of ether oxygens (including phenoxy) is 4. The van der Waals surface area contributed by atoms with Crippen LogP contribution in [-0.4, -0.2) is 40.3 Å². The SMILES string of the molecule is COC(=O)C1=C(C)N(c2cccc(Br)c2)C(=O)/C1=C\c1cc(OC)c(OC)c(OC)c1. The molecular weight excluding hydrogens is 466 g/mol. The van der Waals surface area contributed by atoms with Crippen LogP contribution in [0.15, 0.2) is 57.7 Å². The number of hydrogen-bond acceptors (Lipinski definition) is 6. The standard InChI is InChI=1S/C23H22BrNO6/c1-13-20(23(27)31-5)17(22(26)25(13)16-8-6-7-15(24)12-16)9-14-10-18(28-2)21(30-4)19(11-14)29-3/h6-12H,1-5H3/b17-9-. The van der Waals surface area contributed by atoms with Crippen LogP contribution < -0.4 is 19.1 Å². The molecule has 0 N–H and O–H groups in total. The van der Waals surface area contributed by atoms with Gasteiger partial charge in [0.15, 0.2) is 11.5 Å². The van der Waals surface area contributed by atoms with E-state index >= 15 is 0 Å². The molecule has 0 radical (unpaired) electrons. The number of halogens is 1. The van der Waals surface area contributed by atoms with Gasteiger partial charge in [0.25, 0.3) is 5.91 Å². The summed E-state index contributed by atoms with van der Waals surface area (Å²) >= 11 is 3.42. The van der Waals surface area contributed by atoms with Crippen LogP contribution in [0.4, 0.5) is 5.69 Å². The molecule has 8 heteroatoms. The van der Waals surface area contributed by atoms with Gasteiger partial charge < -0.3 is 18.9 Å². The number of esters is 1. The number of amides is 1. The smallest absolute Gasteiger partial charge is 0.340 e. The Bertz CT molecular complexity index is 1080. The Morgan fingerprint density at radius 1 is 1.00 bits per heavy atom. The fraction of sp³-hybridized carbons (Fsp3) is 0.217. The van der Waals surface area contributed by atoms with Crippen molar-refractivity contribution in [3.8, 4) is 17.2 Å². The van der Waals surface area contributed by atoms with Gasteiger partial charge in [0.2, 0.25) is 5.75 Å². The minimum atomic E-state index is -0.595. The summed E-state index contributed by atoms with van der Waals surface area (Å²) in [7, 11) is 5.81. The molecule has 0 atom stereocenters. The number of benzene rings is 2. The summed E-state index contributed by atoms with van der Waals surface area (Å²) in [4.78, 5) is 27.5. The highest BCUT2D eigenvalue weighted by atomic mass is 79.9. The monoisotopic (exact) mass is 487 g/mol. The molecule has 162 valence electrons. The third-order valence-electron chi connectivity index (χ3n) is 4.85. The Morgan fingerprint density at radius 3 is 2.16 bits per heavy atom. The number of carbonyl (C=O) groups excluding carboxylic acids is 2. The van der Waals surface area contributed by atoms with Crippen molar-refractivity contribution in [3.05, 3.63) is 63.3 Å². The van der Waals surface area contributed by atoms with Gasteiger partial charge in [0, 0.05) is 10.2 Å². The molecule has 1 aliphatic heterocycles. The maximum absolute atomic E-state index is 13.4. The van der Waals surface area contributed by atoms with E-state index in [0.717, 1.165) is 4.47 Å². The molecule has 0 bridgehead atoms. The van der Waals surface area contributed by atoms with E-state index in [9.17, 15) is 9.59 Å². The quantitative estimate of drug-likeness (QED) is 0.445. The molecule has 0 fully saturated rings. The zero-order chi connectivity index (χ0) is 22.7. The van der Waals surface area contributed by atoms with Crippen LogP contribution in [0.3, 0.4) is 0 Å². The summed E-state index contributed by atoms with van der Waals surface area (Å²) in [5, 5.41) is 0. The molecule has 1 heterocycles. The fourth-order valence-electron chi connectivity index (χ4n) is 3.46. The van der Waals surface area contributed by atoms with Gasteiger partial charge in [-0.2, -0.15) is 0 Å². The number of nitrogens with zero attached hydrogens (tertiary/aromatic N) is 1. The molecule has 1 aliphatic rings. The van der Waals surface area contributed by atoms with Gasteiger partial charge in [-0.3, -0.25) is 9.69 Å². The van der Waals surface area contributed by atoms with Gasteiger partial charge in [-0.05, 0) is 48.9 Å². The molecule has 0 spiro atoms. The van der Waals surface area contributed by atoms with Crippen molar-refractivity contribution in [2.24, 2.45) is 0 Å². The van der Waals surface area contributed by atoms with Crippen LogP contribution in [0.25, 0.3) is 6.08 Å². The number of anilines is 1. The summed E-state index contributed by atoms with van der Waals surface area (Å²) < 4.78 is 21.9. The van der Waals surface area contributed by atoms with Crippen molar-refractivity contribution in [2.75, 3.05) is 33.3 Å². The van der Waals surface area contributed by atoms with Gasteiger partial charge in [-0.25, -0.2) is 4.79 Å². The lowest BCUT2D eigenvalue weighted by Gasteiger charge is -2.18. The molecule has 31 heavy (non-hydrogen) atoms. The molecule has 3 rings (SSSR count). The van der Waals surface area contributed by atoms with Gasteiger partial charge in [0.1, 0.15) is 0 Å². The number of methoxy groups -OCH3 is 4. The molecule has 1 amide bonds. The summed E-state index contributed by atoms with van der Waals surface area (Å²) in [5.74, 6) is 0.360. The van der Waals surface area contributed by atoms with Gasteiger partial charge in [0.05, 0.1) is 45.3 Å². The van der Waals surface area contributed by atoms with Gasteiger partial charge >= 0.3 is 5.97 Å². The maximum Gasteiger partial charge on any atom is 0.340 e. The molecule has 2 aromatic carbocycles. The summed E-state index contributed by atoms with van der Waals surface area (Å²) in [6.07, 6.45) is 1.61. The molecular formula is C23H22BrNO6. The number of hydrogen-bond donors (Lipinski definition) is 0. The fourth-order valence-corrected chi connectivity index (χ4v) is 3.84. The molecule has 0 aliphatic carbocycles. The first kappa shape index (κ1) is 22.4. The lowest BCUT2D eigenvalue weighted by molar-refractivity contribution is -0.136. The minimum absolute atomic E-state index is 0.196. The lowest BCUT2D eigenvalue weighted by atomic mass is 10.0. The zero-order valence-corrected chi connectivity index (χ0v) is 19.4. The predicted molar refractivity (Wildman–Crippen MR) is 120 cm³/mol. The van der Waals surface area contributed by atoms with E-state index in [1.165, 1.54) is 33.3 Å². The maximum atomic E-state index is 13.4. The normalized spacial score (nSPS) is 14.8. The highest BCUT2D eigenvalue weighted by Gasteiger charge is 2.38. The van der Waals surface area contributed by atoms with Crippen molar-refractivity contribution in [3.63, 3.8) is 0 Å². The lowest BCUT2D eigenvalue weighted by Crippen LogP contribution is -2.24. The van der Waals surface area contributed by atoms with Crippen LogP contribution in [0.5, 0.6) is 17.2 Å². The Labute approximate surface area is 189 Å². The van der Waals surface area contributed by atoms with E-state index in [2.05, 4.69) is 15.9 Å². The summed E-state index contributed by atoms with van der Waals surface area (Å²) in [6, 6.07) is 10.7. The first-order valence-electron chi connectivity index (χ1n) is 9.27. The molecule has 0 aromatic heterocycles. The molecule has 0 unspecified atom stereocenters. The van der Waals surface area contributed by atoms with E-state index in [4.69, 9.17) is 18.9 Å². The van der Waals surface area contributed by atoms with Crippen molar-refractivity contribution >= 4 is 39.6 Å². The molecule has 7 nitrogen and oxygen atoms in total. The second-order valence-corrected chi connectivity index (χ2v) is 7.50. The highest BCUT2D eigenvalue weighted by Crippen LogP contribution is 2.41. The second-order valence-electron chi connectivity index (χ2n) is 6.59. The Balaban J connectivity index is 2.19. The van der Waals surface area contributed by atoms with Crippen molar-refractivity contribution in [1.82, 2.24) is 0 Å². The largest absolute Gasteiger partial charge is 0.493 e. The van der Waals surface area contributed by atoms with Crippen LogP contribution >= 0.6 is 15.9 Å². The predicted octanol–water partition coefficient (Wildman–Crippen LogP) is 4.35. The number of carbonyl (C=O) groups is 2. The summed E-state index contributed by atoms with van der Waals surface area (Å²) in [5.41, 5.74) is 2.11. The Morgan fingerprint density at radius 2 is 1.65 bits per heavy atom. The van der Waals surface area contributed by atoms with E-state index in [-0.39, 0.29) is 17.1 Å². The van der Waals surface area contributed by atoms with E-state index in [1.54, 1.807) is 37.3 Å². The number of allylic oxidation sites excluding steroid dienone is 1. The molecule has 2 aromatic rings. The average molecular weight is 488 g/mol. The minimum Gasteiger partial charge on any atom is -0.493 e. The first-order chi connectivity index (χ1) is 14.9. The Hall–Kier alpha value is -3.26. The van der Waals surface area contributed by atoms with Crippen LogP contribution in [0, 0.1) is 0 Å². The highest BCUT2D eigenvalue weighted by molar-refractivity contribution is 9.10. The average Bonchev–Trinajstić information content (AvgIpc) is 3.01. The topological polar surface area (TPSA) is 74.3 Å². The zero-order valence-electron chi connectivity index (χ0n) is 17.8. The first-order valence-corrected chi connectivity index (χ1v) is 10.1. The molecule has 0 saturated heterocycles. The van der Waals surface area contributed by atoms with E-state index in [0.29, 0.717) is 34.2 Å². The third-order valence-corrected chi connectivity index (χ3v) is 5.35. The van der Waals surface area contributed by atoms with Crippen molar-refractivity contribution in [2.45, 2.75) is 6.92 Å². The van der Waals surface area contributed by atoms with Crippen LogP contribution in [-0.2, 0) is 14.3 Å².